The third-order valence-electron chi connectivity index (χ3n) is 2.80. The molecule has 1 aliphatic rings. The molecule has 0 radical (unpaired) electrons. The van der Waals surface area contributed by atoms with Crippen LogP contribution in [0.4, 0.5) is 10.6 Å². The number of hydrogen-bond acceptors (Lipinski definition) is 3. The lowest BCUT2D eigenvalue weighted by Gasteiger charge is -2.19. The monoisotopic (exact) mass is 229 g/mol. The summed E-state index contributed by atoms with van der Waals surface area (Å²) in [6, 6.07) is 11.5. The van der Waals surface area contributed by atoms with Crippen molar-refractivity contribution in [3.05, 3.63) is 48.2 Å². The normalized spacial score (nSPS) is 19.4. The topological polar surface area (TPSA) is 58.2 Å². The molecule has 1 saturated heterocycles. The fraction of sp³-hybridized carbons (Fsp3) is 0.167. The summed E-state index contributed by atoms with van der Waals surface area (Å²) >= 11 is 0. The minimum atomic E-state index is -0.344. The lowest BCUT2D eigenvalue weighted by atomic mass is 10.1. The first kappa shape index (κ1) is 9.89. The summed E-state index contributed by atoms with van der Waals surface area (Å²) in [4.78, 5) is 13.3. The minimum absolute atomic E-state index is 0.0934. The highest BCUT2D eigenvalue weighted by Gasteiger charge is 2.35. The van der Waals surface area contributed by atoms with Crippen molar-refractivity contribution in [2.45, 2.75) is 6.04 Å². The van der Waals surface area contributed by atoms with Gasteiger partial charge in [-0.1, -0.05) is 30.3 Å². The van der Waals surface area contributed by atoms with E-state index in [1.54, 1.807) is 17.2 Å². The van der Waals surface area contributed by atoms with Crippen molar-refractivity contribution >= 4 is 11.9 Å². The number of ether oxygens (including phenoxy) is 1. The van der Waals surface area contributed by atoms with Crippen LogP contribution in [0.3, 0.4) is 0 Å². The molecule has 1 aromatic carbocycles. The number of aromatic amines is 1. The highest BCUT2D eigenvalue weighted by molar-refractivity contribution is 5.89. The molecule has 3 rings (SSSR count). The van der Waals surface area contributed by atoms with E-state index in [1.807, 2.05) is 30.3 Å². The Morgan fingerprint density at radius 1 is 1.29 bits per heavy atom. The molecule has 1 atom stereocenters. The molecule has 5 nitrogen and oxygen atoms in total. The minimum Gasteiger partial charge on any atom is -0.447 e. The number of anilines is 1. The number of amides is 1. The van der Waals surface area contributed by atoms with Gasteiger partial charge in [0.2, 0.25) is 0 Å². The smallest absolute Gasteiger partial charge is 0.416 e. The van der Waals surface area contributed by atoms with E-state index in [-0.39, 0.29) is 12.1 Å². The molecular formula is C12H11N3O2. The maximum Gasteiger partial charge on any atom is 0.416 e. The summed E-state index contributed by atoms with van der Waals surface area (Å²) in [6.07, 6.45) is 1.27. The van der Waals surface area contributed by atoms with E-state index in [0.717, 1.165) is 5.56 Å². The zero-order chi connectivity index (χ0) is 11.7. The third-order valence-corrected chi connectivity index (χ3v) is 2.80. The molecule has 0 unspecified atom stereocenters. The van der Waals surface area contributed by atoms with Gasteiger partial charge in [-0.2, -0.15) is 5.10 Å². The molecule has 2 aromatic rings. The fourth-order valence-electron chi connectivity index (χ4n) is 1.99. The number of carbonyl (C=O) groups is 1. The average Bonchev–Trinajstić information content (AvgIpc) is 2.99. The van der Waals surface area contributed by atoms with Gasteiger partial charge in [-0.3, -0.25) is 10.00 Å². The maximum absolute atomic E-state index is 11.7. The van der Waals surface area contributed by atoms with Crippen LogP contribution < -0.4 is 4.90 Å². The van der Waals surface area contributed by atoms with Crippen molar-refractivity contribution in [2.24, 2.45) is 0 Å². The summed E-state index contributed by atoms with van der Waals surface area (Å²) in [6.45, 7) is 0.363. The Morgan fingerprint density at radius 2 is 2.12 bits per heavy atom. The molecule has 1 N–H and O–H groups in total. The largest absolute Gasteiger partial charge is 0.447 e. The molecule has 5 heteroatoms. The Hall–Kier alpha value is -2.30. The van der Waals surface area contributed by atoms with Crippen LogP contribution in [-0.2, 0) is 4.74 Å². The quantitative estimate of drug-likeness (QED) is 0.857. The second-order valence-corrected chi connectivity index (χ2v) is 3.82. The first-order valence-electron chi connectivity index (χ1n) is 5.36. The molecule has 0 saturated carbocycles. The Kier molecular flexibility index (Phi) is 2.29. The summed E-state index contributed by atoms with van der Waals surface area (Å²) in [7, 11) is 0. The predicted molar refractivity (Wildman–Crippen MR) is 61.6 cm³/mol. The number of aromatic nitrogens is 2. The van der Waals surface area contributed by atoms with Gasteiger partial charge >= 0.3 is 6.09 Å². The number of nitrogens with one attached hydrogen (secondary N) is 1. The first-order valence-corrected chi connectivity index (χ1v) is 5.36. The van der Waals surface area contributed by atoms with E-state index < -0.39 is 0 Å². The van der Waals surface area contributed by atoms with Crippen LogP contribution in [0.1, 0.15) is 11.6 Å². The van der Waals surface area contributed by atoms with Crippen molar-refractivity contribution in [1.29, 1.82) is 0 Å². The molecule has 1 fully saturated rings. The second-order valence-electron chi connectivity index (χ2n) is 3.82. The Labute approximate surface area is 98.0 Å². The van der Waals surface area contributed by atoms with Crippen molar-refractivity contribution in [3.8, 4) is 0 Å². The number of carbonyl (C=O) groups excluding carboxylic acids is 1. The molecule has 1 amide bonds. The molecule has 86 valence electrons. The SMILES string of the molecule is O=C1OC[C@H](c2ccccc2)N1c1ccn[nH]1. The highest BCUT2D eigenvalue weighted by atomic mass is 16.6. The van der Waals surface area contributed by atoms with Crippen molar-refractivity contribution in [2.75, 3.05) is 11.5 Å². The van der Waals surface area contributed by atoms with Crippen molar-refractivity contribution < 1.29 is 9.53 Å². The van der Waals surface area contributed by atoms with Crippen LogP contribution in [0.25, 0.3) is 0 Å². The molecule has 0 aliphatic carbocycles. The van der Waals surface area contributed by atoms with E-state index in [4.69, 9.17) is 4.74 Å². The fourth-order valence-corrected chi connectivity index (χ4v) is 1.99. The number of rotatable bonds is 2. The molecule has 0 spiro atoms. The number of hydrogen-bond donors (Lipinski definition) is 1. The van der Waals surface area contributed by atoms with Gasteiger partial charge in [0.25, 0.3) is 0 Å². The molecule has 17 heavy (non-hydrogen) atoms. The van der Waals surface area contributed by atoms with Crippen LogP contribution in [0.15, 0.2) is 42.6 Å². The molecule has 2 heterocycles. The zero-order valence-electron chi connectivity index (χ0n) is 9.04. The Bertz CT molecular complexity index is 510. The van der Waals surface area contributed by atoms with E-state index in [2.05, 4.69) is 10.2 Å². The van der Waals surface area contributed by atoms with Gasteiger partial charge in [0.05, 0.1) is 6.20 Å². The zero-order valence-corrected chi connectivity index (χ0v) is 9.04. The van der Waals surface area contributed by atoms with Crippen LogP contribution in [0, 0.1) is 0 Å². The van der Waals surface area contributed by atoms with E-state index in [0.29, 0.717) is 12.4 Å². The van der Waals surface area contributed by atoms with Gasteiger partial charge in [0.1, 0.15) is 18.5 Å². The van der Waals surface area contributed by atoms with Crippen LogP contribution in [0.2, 0.25) is 0 Å². The third kappa shape index (κ3) is 1.65. The van der Waals surface area contributed by atoms with Crippen LogP contribution >= 0.6 is 0 Å². The second kappa shape index (κ2) is 3.93. The summed E-state index contributed by atoms with van der Waals surface area (Å²) < 4.78 is 5.10. The lowest BCUT2D eigenvalue weighted by Crippen LogP contribution is -2.27. The van der Waals surface area contributed by atoms with Crippen molar-refractivity contribution in [3.63, 3.8) is 0 Å². The van der Waals surface area contributed by atoms with Crippen molar-refractivity contribution in [1.82, 2.24) is 10.2 Å². The van der Waals surface area contributed by atoms with Gasteiger partial charge in [-0.25, -0.2) is 4.79 Å². The molecule has 0 bridgehead atoms. The predicted octanol–water partition coefficient (Wildman–Crippen LogP) is 2.11. The van der Waals surface area contributed by atoms with Gasteiger partial charge in [-0.05, 0) is 5.56 Å². The Morgan fingerprint density at radius 3 is 2.82 bits per heavy atom. The Balaban J connectivity index is 1.98. The van der Waals surface area contributed by atoms with Crippen LogP contribution in [0.5, 0.6) is 0 Å². The number of cyclic esters (lactones) is 1. The van der Waals surface area contributed by atoms with E-state index in [9.17, 15) is 4.79 Å². The summed E-state index contributed by atoms with van der Waals surface area (Å²) in [5.41, 5.74) is 1.05. The van der Waals surface area contributed by atoms with Gasteiger partial charge < -0.3 is 4.74 Å². The van der Waals surface area contributed by atoms with E-state index in [1.165, 1.54) is 0 Å². The number of H-pyrrole nitrogens is 1. The maximum atomic E-state index is 11.7. The standard InChI is InChI=1S/C12H11N3O2/c16-12-15(11-6-7-13-14-11)10(8-17-12)9-4-2-1-3-5-9/h1-7,10H,8H2,(H,13,14)/t10-/m1/s1. The summed E-state index contributed by atoms with van der Waals surface area (Å²) in [5.74, 6) is 0.654. The average molecular weight is 229 g/mol. The van der Waals surface area contributed by atoms with Crippen LogP contribution in [-0.4, -0.2) is 22.9 Å². The molecule has 1 aromatic heterocycles. The van der Waals surface area contributed by atoms with Gasteiger partial charge in [0, 0.05) is 6.07 Å². The molecule has 1 aliphatic heterocycles. The number of nitrogens with zero attached hydrogens (tertiary/aromatic N) is 2. The van der Waals surface area contributed by atoms with Gasteiger partial charge in [-0.15, -0.1) is 0 Å². The first-order chi connectivity index (χ1) is 8.36. The lowest BCUT2D eigenvalue weighted by molar-refractivity contribution is 0.179. The highest BCUT2D eigenvalue weighted by Crippen LogP contribution is 2.31. The summed E-state index contributed by atoms with van der Waals surface area (Å²) in [5, 5.41) is 6.64. The van der Waals surface area contributed by atoms with Gasteiger partial charge in [0.15, 0.2) is 0 Å². The van der Waals surface area contributed by atoms with E-state index >= 15 is 0 Å². The molecular weight excluding hydrogens is 218 g/mol. The number of benzene rings is 1.